The maximum Gasteiger partial charge on any atom is 0.301 e. The molecule has 1 N–H and O–H groups in total. The number of benzene rings is 3. The fraction of sp³-hybridized carbons (Fsp3) is 0.207. The standard InChI is InChI=1S/C29H24F2N2O4S/c1-15(2)14-37-19-9-5-8-18(11-19)26(34)24-25(17-7-4-6-16(3)10-17)33(28(36)27(24)35)29-32-22-12-20(30)21(31)13-23(22)38-29/h4-13,15,25,34H,14H2,1-3H3/b26-24+. The first kappa shape index (κ1) is 25.5. The summed E-state index contributed by atoms with van der Waals surface area (Å²) in [6.45, 7) is 6.36. The van der Waals surface area contributed by atoms with Gasteiger partial charge < -0.3 is 9.84 Å². The number of thiazole rings is 1. The third-order valence-corrected chi connectivity index (χ3v) is 7.14. The fourth-order valence-electron chi connectivity index (χ4n) is 4.35. The molecule has 194 valence electrons. The van der Waals surface area contributed by atoms with Gasteiger partial charge in [-0.25, -0.2) is 13.8 Å². The highest BCUT2D eigenvalue weighted by atomic mass is 32.1. The summed E-state index contributed by atoms with van der Waals surface area (Å²) in [6.07, 6.45) is 0. The Morgan fingerprint density at radius 3 is 2.55 bits per heavy atom. The van der Waals surface area contributed by atoms with Crippen LogP contribution in [0.15, 0.2) is 66.2 Å². The number of aliphatic hydroxyl groups excluding tert-OH is 1. The summed E-state index contributed by atoms with van der Waals surface area (Å²) in [5.74, 6) is -3.44. The Balaban J connectivity index is 1.67. The summed E-state index contributed by atoms with van der Waals surface area (Å²) in [5.41, 5.74) is 1.82. The lowest BCUT2D eigenvalue weighted by Gasteiger charge is -2.23. The van der Waals surface area contributed by atoms with E-state index in [1.807, 2.05) is 32.9 Å². The van der Waals surface area contributed by atoms with Crippen molar-refractivity contribution in [2.75, 3.05) is 11.5 Å². The zero-order valence-electron chi connectivity index (χ0n) is 20.9. The van der Waals surface area contributed by atoms with E-state index in [2.05, 4.69) is 4.98 Å². The second kappa shape index (κ2) is 9.98. The van der Waals surface area contributed by atoms with Gasteiger partial charge in [0.1, 0.15) is 11.5 Å². The molecule has 6 nitrogen and oxygen atoms in total. The molecule has 5 rings (SSSR count). The third-order valence-electron chi connectivity index (χ3n) is 6.12. The molecule has 2 heterocycles. The second-order valence-corrected chi connectivity index (χ2v) is 10.6. The molecule has 1 unspecified atom stereocenters. The Morgan fingerprint density at radius 1 is 1.08 bits per heavy atom. The summed E-state index contributed by atoms with van der Waals surface area (Å²) in [6, 6.07) is 14.8. The summed E-state index contributed by atoms with van der Waals surface area (Å²) in [4.78, 5) is 32.3. The third kappa shape index (κ3) is 4.65. The van der Waals surface area contributed by atoms with Crippen LogP contribution in [-0.2, 0) is 9.59 Å². The Labute approximate surface area is 221 Å². The number of rotatable bonds is 6. The van der Waals surface area contributed by atoms with Gasteiger partial charge in [-0.2, -0.15) is 0 Å². The van der Waals surface area contributed by atoms with Crippen molar-refractivity contribution in [3.05, 3.63) is 94.6 Å². The lowest BCUT2D eigenvalue weighted by molar-refractivity contribution is -0.132. The molecule has 38 heavy (non-hydrogen) atoms. The van der Waals surface area contributed by atoms with E-state index in [9.17, 15) is 23.5 Å². The Bertz CT molecular complexity index is 1570. The van der Waals surface area contributed by atoms with E-state index in [1.54, 1.807) is 36.4 Å². The second-order valence-electron chi connectivity index (χ2n) is 9.55. The van der Waals surface area contributed by atoms with E-state index >= 15 is 0 Å². The predicted molar refractivity (Wildman–Crippen MR) is 142 cm³/mol. The van der Waals surface area contributed by atoms with Crippen molar-refractivity contribution in [1.29, 1.82) is 0 Å². The van der Waals surface area contributed by atoms with Gasteiger partial charge in [-0.05, 0) is 36.6 Å². The number of anilines is 1. The summed E-state index contributed by atoms with van der Waals surface area (Å²) < 4.78 is 33.8. The molecule has 9 heteroatoms. The van der Waals surface area contributed by atoms with Crippen molar-refractivity contribution in [3.8, 4) is 5.75 Å². The number of ketones is 1. The number of ether oxygens (including phenoxy) is 1. The first-order valence-corrected chi connectivity index (χ1v) is 12.8. The minimum Gasteiger partial charge on any atom is -0.507 e. The number of Topliss-reactive ketones (excluding diaryl/α,β-unsaturated/α-hetero) is 1. The van der Waals surface area contributed by atoms with E-state index < -0.39 is 29.4 Å². The van der Waals surface area contributed by atoms with Crippen LogP contribution in [0.1, 0.15) is 36.6 Å². The minimum atomic E-state index is -1.06. The van der Waals surface area contributed by atoms with Gasteiger partial charge >= 0.3 is 5.91 Å². The van der Waals surface area contributed by atoms with E-state index in [0.717, 1.165) is 29.0 Å². The monoisotopic (exact) mass is 534 g/mol. The van der Waals surface area contributed by atoms with Gasteiger partial charge in [-0.15, -0.1) is 0 Å². The normalized spacial score (nSPS) is 17.1. The lowest BCUT2D eigenvalue weighted by Crippen LogP contribution is -2.29. The van der Waals surface area contributed by atoms with Crippen molar-refractivity contribution < 1.29 is 28.2 Å². The molecule has 0 aliphatic carbocycles. The summed E-state index contributed by atoms with van der Waals surface area (Å²) in [5, 5.41) is 11.5. The predicted octanol–water partition coefficient (Wildman–Crippen LogP) is 6.54. The average Bonchev–Trinajstić information content (AvgIpc) is 3.40. The molecule has 1 atom stereocenters. The van der Waals surface area contributed by atoms with E-state index in [0.29, 0.717) is 28.2 Å². The number of fused-ring (bicyclic) bond motifs is 1. The van der Waals surface area contributed by atoms with Crippen LogP contribution in [0.4, 0.5) is 13.9 Å². The number of aliphatic hydroxyl groups is 1. The van der Waals surface area contributed by atoms with Gasteiger partial charge in [0, 0.05) is 11.6 Å². The van der Waals surface area contributed by atoms with Gasteiger partial charge in [0.25, 0.3) is 5.78 Å². The maximum absolute atomic E-state index is 13.9. The molecule has 1 aliphatic heterocycles. The van der Waals surface area contributed by atoms with E-state index in [-0.39, 0.29) is 27.9 Å². The minimum absolute atomic E-state index is 0.0895. The SMILES string of the molecule is Cc1cccc(C2/C(=C(\O)c3cccc(OCC(C)C)c3)C(=O)C(=O)N2c2nc3cc(F)c(F)cc3s2)c1. The molecule has 3 aromatic carbocycles. The fourth-order valence-corrected chi connectivity index (χ4v) is 5.35. The molecule has 0 saturated carbocycles. The van der Waals surface area contributed by atoms with Crippen LogP contribution in [0, 0.1) is 24.5 Å². The van der Waals surface area contributed by atoms with Crippen LogP contribution >= 0.6 is 11.3 Å². The zero-order valence-corrected chi connectivity index (χ0v) is 21.7. The first-order chi connectivity index (χ1) is 18.1. The number of carbonyl (C=O) groups is 2. The highest BCUT2D eigenvalue weighted by Gasteiger charge is 2.48. The Kier molecular flexibility index (Phi) is 6.71. The van der Waals surface area contributed by atoms with E-state index in [4.69, 9.17) is 4.74 Å². The topological polar surface area (TPSA) is 79.7 Å². The van der Waals surface area contributed by atoms with Crippen LogP contribution < -0.4 is 9.64 Å². The molecule has 1 aliphatic rings. The number of amides is 1. The van der Waals surface area contributed by atoms with Crippen LogP contribution in [0.25, 0.3) is 16.0 Å². The quantitative estimate of drug-likeness (QED) is 0.173. The Hall–Kier alpha value is -4.11. The summed E-state index contributed by atoms with van der Waals surface area (Å²) >= 11 is 0.958. The number of aromatic nitrogens is 1. The van der Waals surface area contributed by atoms with E-state index in [1.165, 1.54) is 4.90 Å². The number of carbonyl (C=O) groups excluding carboxylic acids is 2. The highest BCUT2D eigenvalue weighted by molar-refractivity contribution is 7.22. The molecular weight excluding hydrogens is 510 g/mol. The van der Waals surface area contributed by atoms with Crippen LogP contribution in [0.3, 0.4) is 0 Å². The molecule has 1 aromatic heterocycles. The van der Waals surface area contributed by atoms with Gasteiger partial charge in [0.15, 0.2) is 16.8 Å². The van der Waals surface area contributed by atoms with Crippen LogP contribution in [-0.4, -0.2) is 28.4 Å². The summed E-state index contributed by atoms with van der Waals surface area (Å²) in [7, 11) is 0. The average molecular weight is 535 g/mol. The lowest BCUT2D eigenvalue weighted by atomic mass is 9.94. The van der Waals surface area contributed by atoms with Crippen molar-refractivity contribution in [2.24, 2.45) is 5.92 Å². The largest absolute Gasteiger partial charge is 0.507 e. The molecule has 4 aromatic rings. The van der Waals surface area contributed by atoms with Gasteiger partial charge in [0.05, 0.1) is 28.4 Å². The highest BCUT2D eigenvalue weighted by Crippen LogP contribution is 2.44. The van der Waals surface area contributed by atoms with Crippen molar-refractivity contribution in [1.82, 2.24) is 4.98 Å². The number of hydrogen-bond donors (Lipinski definition) is 1. The molecular formula is C29H24F2N2O4S. The number of aryl methyl sites for hydroxylation is 1. The van der Waals surface area contributed by atoms with Crippen molar-refractivity contribution in [2.45, 2.75) is 26.8 Å². The molecule has 1 amide bonds. The maximum atomic E-state index is 13.9. The van der Waals surface area contributed by atoms with Crippen molar-refractivity contribution in [3.63, 3.8) is 0 Å². The van der Waals surface area contributed by atoms with Gasteiger partial charge in [-0.1, -0.05) is 67.1 Å². The van der Waals surface area contributed by atoms with Crippen molar-refractivity contribution >= 4 is 44.1 Å². The molecule has 1 saturated heterocycles. The number of halogens is 2. The van der Waals surface area contributed by atoms with Gasteiger partial charge in [0.2, 0.25) is 0 Å². The number of nitrogens with zero attached hydrogens (tertiary/aromatic N) is 2. The first-order valence-electron chi connectivity index (χ1n) is 12.0. The van der Waals surface area contributed by atoms with Crippen LogP contribution in [0.2, 0.25) is 0 Å². The van der Waals surface area contributed by atoms with Crippen LogP contribution in [0.5, 0.6) is 5.75 Å². The zero-order chi connectivity index (χ0) is 27.1. The van der Waals surface area contributed by atoms with Gasteiger partial charge in [-0.3, -0.25) is 14.5 Å². The number of hydrogen-bond acceptors (Lipinski definition) is 6. The molecule has 1 fully saturated rings. The smallest absolute Gasteiger partial charge is 0.301 e. The molecule has 0 bridgehead atoms. The Morgan fingerprint density at radius 2 is 1.82 bits per heavy atom. The molecule has 0 radical (unpaired) electrons. The molecule has 0 spiro atoms.